The summed E-state index contributed by atoms with van der Waals surface area (Å²) in [6.45, 7) is 3.31. The molecule has 3 rings (SSSR count). The van der Waals surface area contributed by atoms with E-state index in [0.717, 1.165) is 30.1 Å². The molecule has 1 saturated heterocycles. The van der Waals surface area contributed by atoms with E-state index in [-0.39, 0.29) is 11.8 Å². The highest BCUT2D eigenvalue weighted by molar-refractivity contribution is 5.92. The monoisotopic (exact) mass is 393 g/mol. The van der Waals surface area contributed by atoms with Crippen molar-refractivity contribution in [2.75, 3.05) is 44.7 Å². The second-order valence-corrected chi connectivity index (χ2v) is 6.85. The van der Waals surface area contributed by atoms with Gasteiger partial charge in [0.05, 0.1) is 7.11 Å². The zero-order valence-corrected chi connectivity index (χ0v) is 16.7. The zero-order chi connectivity index (χ0) is 20.5. The first-order chi connectivity index (χ1) is 14.2. The van der Waals surface area contributed by atoms with Crippen LogP contribution in [-0.4, -0.2) is 56.5 Å². The van der Waals surface area contributed by atoms with Crippen LogP contribution in [0.2, 0.25) is 0 Å². The normalized spacial score (nSPS) is 14.1. The molecule has 0 saturated carbocycles. The van der Waals surface area contributed by atoms with Gasteiger partial charge in [0, 0.05) is 50.9 Å². The minimum absolute atomic E-state index is 0.0757. The highest BCUT2D eigenvalue weighted by atomic mass is 16.5. The Kier molecular flexibility index (Phi) is 7.28. The third-order valence-corrected chi connectivity index (χ3v) is 4.93. The molecule has 0 radical (unpaired) electrons. The first kappa shape index (κ1) is 20.5. The maximum atomic E-state index is 12.4. The Morgan fingerprint density at radius 2 is 1.69 bits per heavy atom. The second-order valence-electron chi connectivity index (χ2n) is 6.85. The van der Waals surface area contributed by atoms with E-state index >= 15 is 0 Å². The van der Waals surface area contributed by atoms with Crippen molar-refractivity contribution in [3.05, 3.63) is 66.2 Å². The Labute approximate surface area is 171 Å². The highest BCUT2D eigenvalue weighted by Gasteiger charge is 2.21. The van der Waals surface area contributed by atoms with Gasteiger partial charge in [0.2, 0.25) is 11.8 Å². The summed E-state index contributed by atoms with van der Waals surface area (Å²) in [5, 5.41) is 2.77. The number of piperazine rings is 1. The smallest absolute Gasteiger partial charge is 0.244 e. The predicted molar refractivity (Wildman–Crippen MR) is 115 cm³/mol. The Balaban J connectivity index is 1.37. The molecule has 1 fully saturated rings. The maximum absolute atomic E-state index is 12.4. The first-order valence-electron chi connectivity index (χ1n) is 9.83. The number of anilines is 1. The van der Waals surface area contributed by atoms with Gasteiger partial charge in [0.1, 0.15) is 5.75 Å². The van der Waals surface area contributed by atoms with Crippen LogP contribution in [0.1, 0.15) is 12.0 Å². The molecular formula is C23H27N3O3. The summed E-state index contributed by atoms with van der Waals surface area (Å²) >= 11 is 0. The van der Waals surface area contributed by atoms with Gasteiger partial charge in [-0.05, 0) is 35.9 Å². The van der Waals surface area contributed by atoms with Crippen molar-refractivity contribution in [2.45, 2.75) is 6.42 Å². The second kappa shape index (κ2) is 10.3. The summed E-state index contributed by atoms with van der Waals surface area (Å²) in [6, 6.07) is 17.6. The molecule has 2 amide bonds. The molecule has 0 spiro atoms. The number of rotatable bonds is 7. The molecular weight excluding hydrogens is 366 g/mol. The van der Waals surface area contributed by atoms with Crippen LogP contribution in [0.3, 0.4) is 0 Å². The first-order valence-corrected chi connectivity index (χ1v) is 9.83. The lowest BCUT2D eigenvalue weighted by Crippen LogP contribution is -2.49. The third-order valence-electron chi connectivity index (χ3n) is 4.93. The van der Waals surface area contributed by atoms with E-state index in [4.69, 9.17) is 4.74 Å². The summed E-state index contributed by atoms with van der Waals surface area (Å²) in [6.07, 6.45) is 3.57. The zero-order valence-electron chi connectivity index (χ0n) is 16.7. The van der Waals surface area contributed by atoms with Crippen LogP contribution in [0, 0.1) is 0 Å². The van der Waals surface area contributed by atoms with E-state index in [1.807, 2.05) is 59.5 Å². The lowest BCUT2D eigenvalue weighted by atomic mass is 10.2. The number of ether oxygens (including phenoxy) is 1. The summed E-state index contributed by atoms with van der Waals surface area (Å²) in [5.74, 6) is 0.723. The van der Waals surface area contributed by atoms with Gasteiger partial charge >= 0.3 is 0 Å². The van der Waals surface area contributed by atoms with Crippen LogP contribution >= 0.6 is 0 Å². The average Bonchev–Trinajstić information content (AvgIpc) is 2.78. The lowest BCUT2D eigenvalue weighted by Gasteiger charge is -2.36. The van der Waals surface area contributed by atoms with E-state index in [1.54, 1.807) is 13.2 Å². The summed E-state index contributed by atoms with van der Waals surface area (Å²) in [5.41, 5.74) is 2.10. The molecule has 1 N–H and O–H groups in total. The molecule has 1 heterocycles. The van der Waals surface area contributed by atoms with Crippen molar-refractivity contribution < 1.29 is 14.3 Å². The largest absolute Gasteiger partial charge is 0.497 e. The molecule has 2 aromatic carbocycles. The topological polar surface area (TPSA) is 61.9 Å². The number of hydrogen-bond acceptors (Lipinski definition) is 4. The molecule has 0 aromatic heterocycles. The number of hydrogen-bond donors (Lipinski definition) is 1. The van der Waals surface area contributed by atoms with Crippen molar-refractivity contribution in [2.24, 2.45) is 0 Å². The lowest BCUT2D eigenvalue weighted by molar-refractivity contribution is -0.131. The van der Waals surface area contributed by atoms with Gasteiger partial charge in [-0.25, -0.2) is 0 Å². The quantitative estimate of drug-likeness (QED) is 0.735. The molecule has 29 heavy (non-hydrogen) atoms. The highest BCUT2D eigenvalue weighted by Crippen LogP contribution is 2.20. The predicted octanol–water partition coefficient (Wildman–Crippen LogP) is 2.56. The summed E-state index contributed by atoms with van der Waals surface area (Å²) in [7, 11) is 1.65. The maximum Gasteiger partial charge on any atom is 0.244 e. The van der Waals surface area contributed by atoms with Crippen LogP contribution in [0.25, 0.3) is 6.08 Å². The number of benzene rings is 2. The molecule has 6 heteroatoms. The number of amides is 2. The van der Waals surface area contributed by atoms with Crippen LogP contribution < -0.4 is 15.0 Å². The molecule has 6 nitrogen and oxygen atoms in total. The van der Waals surface area contributed by atoms with Gasteiger partial charge in [0.15, 0.2) is 0 Å². The fourth-order valence-electron chi connectivity index (χ4n) is 3.25. The molecule has 1 aliphatic rings. The van der Waals surface area contributed by atoms with E-state index in [2.05, 4.69) is 10.2 Å². The Morgan fingerprint density at radius 1 is 1.00 bits per heavy atom. The fraction of sp³-hybridized carbons (Fsp3) is 0.304. The Bertz CT molecular complexity index is 826. The molecule has 152 valence electrons. The van der Waals surface area contributed by atoms with Gasteiger partial charge in [-0.2, -0.15) is 0 Å². The fourth-order valence-corrected chi connectivity index (χ4v) is 3.25. The van der Waals surface area contributed by atoms with Crippen molar-refractivity contribution in [3.63, 3.8) is 0 Å². The van der Waals surface area contributed by atoms with Gasteiger partial charge < -0.3 is 19.9 Å². The number of nitrogens with zero attached hydrogens (tertiary/aromatic N) is 2. The molecule has 0 unspecified atom stereocenters. The number of carbonyl (C=O) groups is 2. The molecule has 0 aliphatic carbocycles. The van der Waals surface area contributed by atoms with Gasteiger partial charge in [-0.15, -0.1) is 0 Å². The van der Waals surface area contributed by atoms with Crippen LogP contribution in [0.15, 0.2) is 60.7 Å². The molecule has 0 bridgehead atoms. The number of nitrogens with one attached hydrogen (secondary N) is 1. The number of carbonyl (C=O) groups excluding carboxylic acids is 2. The molecule has 2 aromatic rings. The van der Waals surface area contributed by atoms with Crippen molar-refractivity contribution in [3.8, 4) is 5.75 Å². The van der Waals surface area contributed by atoms with E-state index in [0.29, 0.717) is 26.1 Å². The van der Waals surface area contributed by atoms with E-state index in [9.17, 15) is 9.59 Å². The van der Waals surface area contributed by atoms with Crippen molar-refractivity contribution in [1.29, 1.82) is 0 Å². The van der Waals surface area contributed by atoms with Crippen LogP contribution in [0.4, 0.5) is 5.69 Å². The molecule has 0 atom stereocenters. The SMILES string of the molecule is COc1ccc(N2CCN(C(=O)CCNC(=O)/C=C/c3ccccc3)CC2)cc1. The summed E-state index contributed by atoms with van der Waals surface area (Å²) < 4.78 is 5.19. The summed E-state index contributed by atoms with van der Waals surface area (Å²) in [4.78, 5) is 28.4. The van der Waals surface area contributed by atoms with Crippen LogP contribution in [-0.2, 0) is 9.59 Å². The van der Waals surface area contributed by atoms with E-state index < -0.39 is 0 Å². The Morgan fingerprint density at radius 3 is 2.34 bits per heavy atom. The third kappa shape index (κ3) is 6.10. The number of methoxy groups -OCH3 is 1. The molecule has 1 aliphatic heterocycles. The van der Waals surface area contributed by atoms with Gasteiger partial charge in [0.25, 0.3) is 0 Å². The minimum Gasteiger partial charge on any atom is -0.497 e. The van der Waals surface area contributed by atoms with Crippen molar-refractivity contribution >= 4 is 23.6 Å². The Hall–Kier alpha value is -3.28. The van der Waals surface area contributed by atoms with Gasteiger partial charge in [-0.1, -0.05) is 30.3 Å². The van der Waals surface area contributed by atoms with Crippen LogP contribution in [0.5, 0.6) is 5.75 Å². The minimum atomic E-state index is -0.189. The average molecular weight is 393 g/mol. The van der Waals surface area contributed by atoms with Gasteiger partial charge in [-0.3, -0.25) is 9.59 Å². The van der Waals surface area contributed by atoms with E-state index in [1.165, 1.54) is 6.08 Å². The standard InChI is InChI=1S/C23H27N3O3/c1-29-21-10-8-20(9-11-21)25-15-17-26(18-16-25)23(28)13-14-24-22(27)12-7-19-5-3-2-4-6-19/h2-12H,13-18H2,1H3,(H,24,27)/b12-7+. The van der Waals surface area contributed by atoms with Crippen molar-refractivity contribution in [1.82, 2.24) is 10.2 Å².